The number of ether oxygens (including phenoxy) is 2. The number of rotatable bonds is 5. The van der Waals surface area contributed by atoms with Gasteiger partial charge in [0.15, 0.2) is 5.96 Å². The number of nitrogens with one attached hydrogen (secondary N) is 1. The first-order valence-electron chi connectivity index (χ1n) is 8.77. The van der Waals surface area contributed by atoms with Crippen molar-refractivity contribution in [2.45, 2.75) is 18.3 Å². The molecule has 1 aliphatic rings. The summed E-state index contributed by atoms with van der Waals surface area (Å²) in [5.41, 5.74) is 6.78. The molecule has 0 radical (unpaired) electrons. The predicted molar refractivity (Wildman–Crippen MR) is 117 cm³/mol. The molecule has 0 atom stereocenters. The number of methoxy groups -OCH3 is 1. The largest absolute Gasteiger partial charge is 0.497 e. The van der Waals surface area contributed by atoms with Crippen molar-refractivity contribution >= 4 is 35.6 Å². The van der Waals surface area contributed by atoms with E-state index in [-0.39, 0.29) is 41.0 Å². The predicted octanol–water partition coefficient (Wildman–Crippen LogP) is 4.07. The van der Waals surface area contributed by atoms with Crippen LogP contribution in [0.2, 0.25) is 0 Å². The number of guanidine groups is 1. The van der Waals surface area contributed by atoms with Crippen LogP contribution in [0.25, 0.3) is 0 Å². The van der Waals surface area contributed by atoms with Gasteiger partial charge < -0.3 is 20.5 Å². The normalized spacial score (nSPS) is 16.2. The Morgan fingerprint density at radius 2 is 1.86 bits per heavy atom. The van der Waals surface area contributed by atoms with Gasteiger partial charge in [0.1, 0.15) is 17.4 Å². The third kappa shape index (κ3) is 5.32. The van der Waals surface area contributed by atoms with Gasteiger partial charge >= 0.3 is 0 Å². The average Bonchev–Trinajstić information content (AvgIpc) is 2.70. The summed E-state index contributed by atoms with van der Waals surface area (Å²) in [5.74, 6) is -0.317. The fourth-order valence-corrected chi connectivity index (χ4v) is 3.25. The summed E-state index contributed by atoms with van der Waals surface area (Å²) >= 11 is 0. The quantitative estimate of drug-likeness (QED) is 0.367. The van der Waals surface area contributed by atoms with Crippen LogP contribution in [0.4, 0.5) is 14.5 Å². The molecule has 0 saturated carbocycles. The van der Waals surface area contributed by atoms with Crippen LogP contribution in [0.15, 0.2) is 47.5 Å². The minimum Gasteiger partial charge on any atom is -0.497 e. The summed E-state index contributed by atoms with van der Waals surface area (Å²) in [6.07, 6.45) is 1.59. The molecule has 3 N–H and O–H groups in total. The van der Waals surface area contributed by atoms with E-state index in [0.717, 1.165) is 42.4 Å². The molecule has 0 amide bonds. The minimum atomic E-state index is -0.592. The van der Waals surface area contributed by atoms with E-state index in [4.69, 9.17) is 15.2 Å². The van der Waals surface area contributed by atoms with Crippen molar-refractivity contribution in [2.75, 3.05) is 32.2 Å². The summed E-state index contributed by atoms with van der Waals surface area (Å²) in [5, 5.41) is 2.64. The van der Waals surface area contributed by atoms with Gasteiger partial charge in [-0.3, -0.25) is 4.99 Å². The summed E-state index contributed by atoms with van der Waals surface area (Å²) in [4.78, 5) is 4.41. The third-order valence-electron chi connectivity index (χ3n) is 4.90. The highest BCUT2D eigenvalue weighted by atomic mass is 127. The molecule has 5 nitrogen and oxygen atoms in total. The lowest BCUT2D eigenvalue weighted by Crippen LogP contribution is -2.38. The highest BCUT2D eigenvalue weighted by molar-refractivity contribution is 14.0. The number of aliphatic imine (C=N–C) groups is 1. The second-order valence-electron chi connectivity index (χ2n) is 6.57. The van der Waals surface area contributed by atoms with Gasteiger partial charge in [0, 0.05) is 24.7 Å². The van der Waals surface area contributed by atoms with Gasteiger partial charge in [-0.2, -0.15) is 0 Å². The molecular formula is C20H24F2IN3O2. The van der Waals surface area contributed by atoms with E-state index in [1.54, 1.807) is 7.11 Å². The Bertz CT molecular complexity index is 810. The Labute approximate surface area is 180 Å². The van der Waals surface area contributed by atoms with Crippen LogP contribution in [0.5, 0.6) is 5.75 Å². The second-order valence-corrected chi connectivity index (χ2v) is 6.57. The van der Waals surface area contributed by atoms with Crippen LogP contribution in [0, 0.1) is 11.6 Å². The van der Waals surface area contributed by atoms with Crippen molar-refractivity contribution in [3.8, 4) is 5.75 Å². The number of benzene rings is 2. The molecule has 152 valence electrons. The lowest BCUT2D eigenvalue weighted by atomic mass is 9.74. The Morgan fingerprint density at radius 3 is 2.50 bits per heavy atom. The van der Waals surface area contributed by atoms with Gasteiger partial charge in [0.05, 0.1) is 19.3 Å². The topological polar surface area (TPSA) is 68.9 Å². The molecule has 0 unspecified atom stereocenters. The lowest BCUT2D eigenvalue weighted by Gasteiger charge is -2.36. The third-order valence-corrected chi connectivity index (χ3v) is 4.90. The molecule has 2 aromatic rings. The first kappa shape index (κ1) is 22.4. The standard InChI is InChI=1S/C20H23F2N3O2.HI/c1-26-16-5-2-14(3-6-16)20(8-10-27-11-9-20)13-24-19(23)25-18-12-15(21)4-7-17(18)22;/h2-7,12H,8-11,13H2,1H3,(H3,23,24,25);1H. The first-order chi connectivity index (χ1) is 13.0. The van der Waals surface area contributed by atoms with E-state index in [0.29, 0.717) is 19.8 Å². The smallest absolute Gasteiger partial charge is 0.193 e. The van der Waals surface area contributed by atoms with Crippen molar-refractivity contribution in [3.63, 3.8) is 0 Å². The minimum absolute atomic E-state index is 0. The lowest BCUT2D eigenvalue weighted by molar-refractivity contribution is 0.0531. The molecule has 1 aliphatic heterocycles. The zero-order valence-electron chi connectivity index (χ0n) is 15.6. The van der Waals surface area contributed by atoms with Gasteiger partial charge in [-0.1, -0.05) is 12.1 Å². The number of nitrogens with two attached hydrogens (primary N) is 1. The molecule has 1 heterocycles. The van der Waals surface area contributed by atoms with Crippen LogP contribution in [-0.4, -0.2) is 32.8 Å². The fraction of sp³-hybridized carbons (Fsp3) is 0.350. The molecule has 2 aromatic carbocycles. The van der Waals surface area contributed by atoms with E-state index in [1.165, 1.54) is 0 Å². The summed E-state index contributed by atoms with van der Waals surface area (Å²) in [6, 6.07) is 11.0. The average molecular weight is 503 g/mol. The molecule has 0 bridgehead atoms. The van der Waals surface area contributed by atoms with Crippen LogP contribution in [-0.2, 0) is 10.2 Å². The van der Waals surface area contributed by atoms with Crippen LogP contribution in [0.1, 0.15) is 18.4 Å². The van der Waals surface area contributed by atoms with Crippen molar-refractivity contribution in [2.24, 2.45) is 10.7 Å². The first-order valence-corrected chi connectivity index (χ1v) is 8.77. The maximum Gasteiger partial charge on any atom is 0.193 e. The molecule has 3 rings (SSSR count). The monoisotopic (exact) mass is 503 g/mol. The Balaban J connectivity index is 0.00000280. The summed E-state index contributed by atoms with van der Waals surface area (Å²) < 4.78 is 37.8. The van der Waals surface area contributed by atoms with Crippen molar-refractivity contribution in [3.05, 3.63) is 59.7 Å². The van der Waals surface area contributed by atoms with E-state index < -0.39 is 11.6 Å². The maximum atomic E-state index is 13.8. The fourth-order valence-electron chi connectivity index (χ4n) is 3.25. The molecule has 1 fully saturated rings. The number of anilines is 1. The Hall–Kier alpha value is -1.94. The second kappa shape index (κ2) is 10.0. The number of nitrogens with zero attached hydrogens (tertiary/aromatic N) is 1. The summed E-state index contributed by atoms with van der Waals surface area (Å²) in [6.45, 7) is 1.68. The highest BCUT2D eigenvalue weighted by Crippen LogP contribution is 2.36. The molecule has 28 heavy (non-hydrogen) atoms. The van der Waals surface area contributed by atoms with Crippen LogP contribution in [0.3, 0.4) is 0 Å². The Morgan fingerprint density at radius 1 is 1.18 bits per heavy atom. The molecule has 0 spiro atoms. The zero-order valence-corrected chi connectivity index (χ0v) is 17.9. The van der Waals surface area contributed by atoms with E-state index >= 15 is 0 Å². The Kier molecular flexibility index (Phi) is 7.99. The summed E-state index contributed by atoms with van der Waals surface area (Å²) in [7, 11) is 1.63. The maximum absolute atomic E-state index is 13.8. The van der Waals surface area contributed by atoms with Crippen molar-refractivity contribution < 1.29 is 18.3 Å². The van der Waals surface area contributed by atoms with Gasteiger partial charge in [-0.25, -0.2) is 8.78 Å². The van der Waals surface area contributed by atoms with Crippen LogP contribution < -0.4 is 15.8 Å². The molecule has 0 aliphatic carbocycles. The number of hydrogen-bond acceptors (Lipinski definition) is 3. The van der Waals surface area contributed by atoms with Gasteiger partial charge in [-0.15, -0.1) is 24.0 Å². The van der Waals surface area contributed by atoms with Crippen molar-refractivity contribution in [1.82, 2.24) is 0 Å². The van der Waals surface area contributed by atoms with Gasteiger partial charge in [0.2, 0.25) is 0 Å². The highest BCUT2D eigenvalue weighted by Gasteiger charge is 2.34. The number of hydrogen-bond donors (Lipinski definition) is 2. The van der Waals surface area contributed by atoms with Gasteiger partial charge in [0.25, 0.3) is 0 Å². The number of halogens is 3. The van der Waals surface area contributed by atoms with E-state index in [1.807, 2.05) is 24.3 Å². The van der Waals surface area contributed by atoms with E-state index in [9.17, 15) is 8.78 Å². The SMILES string of the molecule is COc1ccc(C2(CN=C(N)Nc3cc(F)ccc3F)CCOCC2)cc1.I. The van der Waals surface area contributed by atoms with Crippen LogP contribution >= 0.6 is 24.0 Å². The zero-order chi connectivity index (χ0) is 19.3. The molecule has 1 saturated heterocycles. The van der Waals surface area contributed by atoms with E-state index in [2.05, 4.69) is 10.3 Å². The molecular weight excluding hydrogens is 479 g/mol. The molecule has 0 aromatic heterocycles. The van der Waals surface area contributed by atoms with Gasteiger partial charge in [-0.05, 0) is 42.7 Å². The van der Waals surface area contributed by atoms with Crippen molar-refractivity contribution in [1.29, 1.82) is 0 Å². The molecule has 8 heteroatoms.